The van der Waals surface area contributed by atoms with E-state index in [-0.39, 0.29) is 0 Å². The highest BCUT2D eigenvalue weighted by Crippen LogP contribution is 2.28. The SMILES string of the molecule is O=C(C1CCCCCCCCCC1)C(F)(F)F. The summed E-state index contributed by atoms with van der Waals surface area (Å²) in [7, 11) is 0. The molecule has 100 valence electrons. The average Bonchev–Trinajstić information content (AvgIpc) is 2.31. The van der Waals surface area contributed by atoms with Crippen LogP contribution in [0.2, 0.25) is 0 Å². The minimum Gasteiger partial charge on any atom is -0.289 e. The average molecular weight is 250 g/mol. The van der Waals surface area contributed by atoms with Crippen LogP contribution in [0.25, 0.3) is 0 Å². The topological polar surface area (TPSA) is 17.1 Å². The molecule has 1 fully saturated rings. The van der Waals surface area contributed by atoms with Crippen molar-refractivity contribution in [3.05, 3.63) is 0 Å². The molecule has 1 rings (SSSR count). The van der Waals surface area contributed by atoms with Crippen molar-refractivity contribution >= 4 is 5.78 Å². The molecular weight excluding hydrogens is 229 g/mol. The third-order valence-electron chi connectivity index (χ3n) is 3.51. The van der Waals surface area contributed by atoms with Crippen molar-refractivity contribution in [2.45, 2.75) is 70.4 Å². The van der Waals surface area contributed by atoms with Gasteiger partial charge in [0, 0.05) is 5.92 Å². The minimum atomic E-state index is -4.65. The van der Waals surface area contributed by atoms with Gasteiger partial charge in [-0.1, -0.05) is 51.4 Å². The highest BCUT2D eigenvalue weighted by atomic mass is 19.4. The summed E-state index contributed by atoms with van der Waals surface area (Å²) >= 11 is 0. The van der Waals surface area contributed by atoms with E-state index in [4.69, 9.17) is 0 Å². The Morgan fingerprint density at radius 2 is 1.12 bits per heavy atom. The van der Waals surface area contributed by atoms with E-state index in [2.05, 4.69) is 0 Å². The summed E-state index contributed by atoms with van der Waals surface area (Å²) < 4.78 is 37.1. The summed E-state index contributed by atoms with van der Waals surface area (Å²) in [6.07, 6.45) is 4.15. The molecule has 0 radical (unpaired) electrons. The van der Waals surface area contributed by atoms with Crippen molar-refractivity contribution in [1.29, 1.82) is 0 Å². The molecule has 0 aromatic rings. The van der Waals surface area contributed by atoms with Crippen LogP contribution in [-0.4, -0.2) is 12.0 Å². The molecular formula is C13H21F3O. The highest BCUT2D eigenvalue weighted by Gasteiger charge is 2.42. The quantitative estimate of drug-likeness (QED) is 0.662. The highest BCUT2D eigenvalue weighted by molar-refractivity contribution is 5.86. The first-order chi connectivity index (χ1) is 8.02. The van der Waals surface area contributed by atoms with E-state index in [1.807, 2.05) is 0 Å². The van der Waals surface area contributed by atoms with Crippen LogP contribution < -0.4 is 0 Å². The lowest BCUT2D eigenvalue weighted by Crippen LogP contribution is -2.30. The standard InChI is InChI=1S/C13H21F3O/c14-13(15,16)12(17)11-9-7-5-3-1-2-4-6-8-10-11/h11H,1-10H2. The van der Waals surface area contributed by atoms with Crippen molar-refractivity contribution in [2.24, 2.45) is 5.92 Å². The Hall–Kier alpha value is -0.540. The molecule has 0 saturated heterocycles. The van der Waals surface area contributed by atoms with Gasteiger partial charge in [0.1, 0.15) is 0 Å². The molecule has 0 aromatic carbocycles. The molecule has 0 spiro atoms. The number of carbonyl (C=O) groups excluding carboxylic acids is 1. The van der Waals surface area contributed by atoms with Crippen molar-refractivity contribution in [1.82, 2.24) is 0 Å². The van der Waals surface area contributed by atoms with E-state index >= 15 is 0 Å². The second-order valence-electron chi connectivity index (χ2n) is 4.96. The van der Waals surface area contributed by atoms with Gasteiger partial charge in [0.2, 0.25) is 5.78 Å². The molecule has 0 bridgehead atoms. The second kappa shape index (κ2) is 7.02. The molecule has 0 amide bonds. The van der Waals surface area contributed by atoms with Crippen molar-refractivity contribution in [2.75, 3.05) is 0 Å². The molecule has 0 unspecified atom stereocenters. The smallest absolute Gasteiger partial charge is 0.289 e. The first-order valence-electron chi connectivity index (χ1n) is 6.63. The summed E-state index contributed by atoms with van der Waals surface area (Å²) in [4.78, 5) is 11.2. The maximum atomic E-state index is 12.4. The van der Waals surface area contributed by atoms with Crippen molar-refractivity contribution < 1.29 is 18.0 Å². The lowest BCUT2D eigenvalue weighted by Gasteiger charge is -2.16. The Kier molecular flexibility index (Phi) is 6.00. The Morgan fingerprint density at radius 3 is 1.47 bits per heavy atom. The molecule has 4 heteroatoms. The number of carbonyl (C=O) groups is 1. The fourth-order valence-electron chi connectivity index (χ4n) is 2.48. The number of Topliss-reactive ketones (excluding diaryl/α,β-unsaturated/α-hetero) is 1. The van der Waals surface area contributed by atoms with Gasteiger partial charge < -0.3 is 0 Å². The van der Waals surface area contributed by atoms with Gasteiger partial charge in [-0.05, 0) is 12.8 Å². The fraction of sp³-hybridized carbons (Fsp3) is 0.923. The van der Waals surface area contributed by atoms with Crippen LogP contribution >= 0.6 is 0 Å². The molecule has 17 heavy (non-hydrogen) atoms. The van der Waals surface area contributed by atoms with Gasteiger partial charge in [-0.2, -0.15) is 13.2 Å². The largest absolute Gasteiger partial charge is 0.450 e. The van der Waals surface area contributed by atoms with Crippen LogP contribution in [0.1, 0.15) is 64.2 Å². The van der Waals surface area contributed by atoms with Crippen molar-refractivity contribution in [3.8, 4) is 0 Å². The Labute approximate surface area is 101 Å². The zero-order valence-electron chi connectivity index (χ0n) is 10.2. The van der Waals surface area contributed by atoms with Gasteiger partial charge in [-0.25, -0.2) is 0 Å². The number of alkyl halides is 3. The lowest BCUT2D eigenvalue weighted by molar-refractivity contribution is -0.176. The molecule has 1 aliphatic carbocycles. The second-order valence-corrected chi connectivity index (χ2v) is 4.96. The van der Waals surface area contributed by atoms with E-state index < -0.39 is 17.9 Å². The van der Waals surface area contributed by atoms with Crippen LogP contribution in [0.3, 0.4) is 0 Å². The van der Waals surface area contributed by atoms with Crippen LogP contribution in [-0.2, 0) is 4.79 Å². The minimum absolute atomic E-state index is 0.415. The van der Waals surface area contributed by atoms with Gasteiger partial charge in [-0.3, -0.25) is 4.79 Å². The third-order valence-corrected chi connectivity index (χ3v) is 3.51. The van der Waals surface area contributed by atoms with E-state index in [9.17, 15) is 18.0 Å². The van der Waals surface area contributed by atoms with Gasteiger partial charge in [0.25, 0.3) is 0 Å². The van der Waals surface area contributed by atoms with Gasteiger partial charge in [0.15, 0.2) is 0 Å². The predicted octanol–water partition coefficient (Wildman–Crippen LogP) is 4.65. The summed E-state index contributed by atoms with van der Waals surface area (Å²) in [6.45, 7) is 0. The van der Waals surface area contributed by atoms with E-state index in [0.717, 1.165) is 38.5 Å². The Morgan fingerprint density at radius 1 is 0.765 bits per heavy atom. The number of rotatable bonds is 1. The van der Waals surface area contributed by atoms with Gasteiger partial charge in [-0.15, -0.1) is 0 Å². The molecule has 0 atom stereocenters. The number of hydrogen-bond acceptors (Lipinski definition) is 1. The van der Waals surface area contributed by atoms with Crippen LogP contribution in [0, 0.1) is 5.92 Å². The summed E-state index contributed by atoms with van der Waals surface area (Å²) in [5, 5.41) is 0. The fourth-order valence-corrected chi connectivity index (χ4v) is 2.48. The molecule has 1 saturated carbocycles. The van der Waals surface area contributed by atoms with E-state index in [0.29, 0.717) is 12.8 Å². The normalized spacial score (nSPS) is 21.8. The Bertz CT molecular complexity index is 223. The zero-order chi connectivity index (χ0) is 12.7. The third kappa shape index (κ3) is 5.55. The van der Waals surface area contributed by atoms with E-state index in [1.54, 1.807) is 0 Å². The molecule has 0 N–H and O–H groups in total. The first-order valence-corrected chi connectivity index (χ1v) is 6.63. The lowest BCUT2D eigenvalue weighted by atomic mass is 9.91. The molecule has 0 aromatic heterocycles. The van der Waals surface area contributed by atoms with Crippen molar-refractivity contribution in [3.63, 3.8) is 0 Å². The van der Waals surface area contributed by atoms with E-state index in [1.165, 1.54) is 12.8 Å². The monoisotopic (exact) mass is 250 g/mol. The molecule has 0 aliphatic heterocycles. The van der Waals surface area contributed by atoms with Crippen LogP contribution in [0.15, 0.2) is 0 Å². The van der Waals surface area contributed by atoms with Crippen LogP contribution in [0.4, 0.5) is 13.2 Å². The zero-order valence-corrected chi connectivity index (χ0v) is 10.2. The number of halogens is 3. The number of hydrogen-bond donors (Lipinski definition) is 0. The molecule has 0 heterocycles. The Balaban J connectivity index is 2.51. The van der Waals surface area contributed by atoms with Crippen LogP contribution in [0.5, 0.6) is 0 Å². The van der Waals surface area contributed by atoms with Gasteiger partial charge >= 0.3 is 6.18 Å². The summed E-state index contributed by atoms with van der Waals surface area (Å²) in [5.41, 5.74) is 0. The summed E-state index contributed by atoms with van der Waals surface area (Å²) in [6, 6.07) is 0. The maximum Gasteiger partial charge on any atom is 0.450 e. The maximum absolute atomic E-state index is 12.4. The summed E-state index contributed by atoms with van der Waals surface area (Å²) in [5.74, 6) is -2.29. The molecule has 1 nitrogen and oxygen atoms in total. The van der Waals surface area contributed by atoms with Gasteiger partial charge in [0.05, 0.1) is 0 Å². The molecule has 1 aliphatic rings. The first kappa shape index (κ1) is 14.5. The predicted molar refractivity (Wildman–Crippen MR) is 60.7 cm³/mol. The number of ketones is 1.